The lowest BCUT2D eigenvalue weighted by molar-refractivity contribution is -0.133. The Morgan fingerprint density at radius 2 is 1.90 bits per heavy atom. The van der Waals surface area contributed by atoms with Crippen LogP contribution >= 0.6 is 11.8 Å². The second kappa shape index (κ2) is 8.95. The van der Waals surface area contributed by atoms with Crippen molar-refractivity contribution in [2.45, 2.75) is 25.9 Å². The van der Waals surface area contributed by atoms with Crippen LogP contribution < -0.4 is 10.6 Å². The minimum Gasteiger partial charge on any atom is -0.378 e. The topological polar surface area (TPSA) is 49.6 Å². The van der Waals surface area contributed by atoms with Gasteiger partial charge in [-0.2, -0.15) is 11.8 Å². The number of amides is 1. The highest BCUT2D eigenvalue weighted by molar-refractivity contribution is 7.98. The van der Waals surface area contributed by atoms with Crippen molar-refractivity contribution >= 4 is 23.4 Å². The molecule has 1 amide bonds. The third-order valence-electron chi connectivity index (χ3n) is 3.47. The van der Waals surface area contributed by atoms with Crippen molar-refractivity contribution in [3.8, 4) is 0 Å². The number of hydrogen-bond donors (Lipinski definition) is 1. The van der Waals surface area contributed by atoms with Gasteiger partial charge in [0, 0.05) is 32.9 Å². The smallest absolute Gasteiger partial charge is 0.239 e. The molecule has 0 saturated carbocycles. The van der Waals surface area contributed by atoms with Crippen molar-refractivity contribution in [3.63, 3.8) is 0 Å². The molecule has 4 nitrogen and oxygen atoms in total. The summed E-state index contributed by atoms with van der Waals surface area (Å²) in [7, 11) is 4.03. The van der Waals surface area contributed by atoms with Gasteiger partial charge in [-0.1, -0.05) is 12.1 Å². The molecule has 0 aliphatic rings. The number of nitrogens with two attached hydrogens (primary N) is 1. The van der Waals surface area contributed by atoms with Crippen LogP contribution in [0.25, 0.3) is 0 Å². The molecular formula is C16H27N3OS. The number of rotatable bonds is 8. The van der Waals surface area contributed by atoms with Crippen LogP contribution in [0.5, 0.6) is 0 Å². The molecule has 2 N–H and O–H groups in total. The third-order valence-corrected chi connectivity index (χ3v) is 4.11. The van der Waals surface area contributed by atoms with Crippen LogP contribution in [-0.2, 0) is 11.3 Å². The number of hydrogen-bond acceptors (Lipinski definition) is 4. The predicted molar refractivity (Wildman–Crippen MR) is 92.8 cm³/mol. The Morgan fingerprint density at radius 3 is 2.38 bits per heavy atom. The van der Waals surface area contributed by atoms with E-state index < -0.39 is 6.04 Å². The summed E-state index contributed by atoms with van der Waals surface area (Å²) in [5.74, 6) is 0.963. The average molecular weight is 309 g/mol. The van der Waals surface area contributed by atoms with E-state index in [4.69, 9.17) is 5.73 Å². The molecule has 0 aliphatic carbocycles. The largest absolute Gasteiger partial charge is 0.378 e. The molecule has 1 rings (SSSR count). The highest BCUT2D eigenvalue weighted by Crippen LogP contribution is 2.14. The summed E-state index contributed by atoms with van der Waals surface area (Å²) < 4.78 is 0. The van der Waals surface area contributed by atoms with Gasteiger partial charge in [0.25, 0.3) is 0 Å². The van der Waals surface area contributed by atoms with Gasteiger partial charge in [0.05, 0.1) is 6.04 Å². The highest BCUT2D eigenvalue weighted by Gasteiger charge is 2.19. The monoisotopic (exact) mass is 309 g/mol. The van der Waals surface area contributed by atoms with Crippen LogP contribution in [0, 0.1) is 0 Å². The second-order valence-corrected chi connectivity index (χ2v) is 6.29. The van der Waals surface area contributed by atoms with Crippen molar-refractivity contribution in [2.24, 2.45) is 5.73 Å². The van der Waals surface area contributed by atoms with E-state index in [1.54, 1.807) is 11.8 Å². The van der Waals surface area contributed by atoms with Crippen molar-refractivity contribution in [3.05, 3.63) is 29.8 Å². The molecule has 0 unspecified atom stereocenters. The Kier molecular flexibility index (Phi) is 7.61. The Hall–Kier alpha value is -1.20. The molecule has 5 heteroatoms. The van der Waals surface area contributed by atoms with Crippen molar-refractivity contribution < 1.29 is 4.79 Å². The molecule has 1 atom stereocenters. The maximum absolute atomic E-state index is 12.3. The summed E-state index contributed by atoms with van der Waals surface area (Å²) in [6.45, 7) is 3.30. The maximum atomic E-state index is 12.3. The molecule has 21 heavy (non-hydrogen) atoms. The van der Waals surface area contributed by atoms with Crippen LogP contribution in [0.4, 0.5) is 5.69 Å². The third kappa shape index (κ3) is 5.59. The molecule has 0 saturated heterocycles. The van der Waals surface area contributed by atoms with Gasteiger partial charge in [0.1, 0.15) is 0 Å². The van der Waals surface area contributed by atoms with E-state index in [1.807, 2.05) is 32.2 Å². The standard InChI is InChI=1S/C16H27N3OS/c1-5-19(16(20)15(17)10-11-21-4)12-13-6-8-14(9-7-13)18(2)3/h6-9,15H,5,10-12,17H2,1-4H3/t15-/m0/s1. The lowest BCUT2D eigenvalue weighted by Crippen LogP contribution is -2.43. The van der Waals surface area contributed by atoms with E-state index in [9.17, 15) is 4.79 Å². The fourth-order valence-electron chi connectivity index (χ4n) is 2.07. The second-order valence-electron chi connectivity index (χ2n) is 5.30. The van der Waals surface area contributed by atoms with Gasteiger partial charge >= 0.3 is 0 Å². The maximum Gasteiger partial charge on any atom is 0.239 e. The van der Waals surface area contributed by atoms with E-state index in [0.717, 1.165) is 23.4 Å². The fraction of sp³-hybridized carbons (Fsp3) is 0.562. The summed E-state index contributed by atoms with van der Waals surface area (Å²) >= 11 is 1.72. The number of nitrogens with zero attached hydrogens (tertiary/aromatic N) is 2. The zero-order chi connectivity index (χ0) is 15.8. The average Bonchev–Trinajstić information content (AvgIpc) is 2.49. The Morgan fingerprint density at radius 1 is 1.29 bits per heavy atom. The van der Waals surface area contributed by atoms with Crippen molar-refractivity contribution in [1.82, 2.24) is 4.90 Å². The molecule has 0 fully saturated rings. The van der Waals surface area contributed by atoms with E-state index in [2.05, 4.69) is 29.2 Å². The molecule has 0 bridgehead atoms. The van der Waals surface area contributed by atoms with Crippen LogP contribution in [0.3, 0.4) is 0 Å². The Balaban J connectivity index is 2.66. The van der Waals surface area contributed by atoms with Gasteiger partial charge < -0.3 is 15.5 Å². The molecule has 0 aromatic heterocycles. The lowest BCUT2D eigenvalue weighted by Gasteiger charge is -2.24. The summed E-state index contributed by atoms with van der Waals surface area (Å²) in [5.41, 5.74) is 8.28. The number of benzene rings is 1. The van der Waals surface area contributed by atoms with E-state index in [0.29, 0.717) is 13.1 Å². The summed E-state index contributed by atoms with van der Waals surface area (Å²) in [6.07, 6.45) is 2.76. The van der Waals surface area contributed by atoms with Gasteiger partial charge in [-0.15, -0.1) is 0 Å². The van der Waals surface area contributed by atoms with Gasteiger partial charge in [0.15, 0.2) is 0 Å². The van der Waals surface area contributed by atoms with E-state index >= 15 is 0 Å². The predicted octanol–water partition coefficient (Wildman–Crippen LogP) is 2.18. The number of thioether (sulfide) groups is 1. The van der Waals surface area contributed by atoms with Gasteiger partial charge in [-0.25, -0.2) is 0 Å². The first-order valence-corrected chi connectivity index (χ1v) is 8.68. The zero-order valence-electron chi connectivity index (χ0n) is 13.5. The van der Waals surface area contributed by atoms with Gasteiger partial charge in [-0.3, -0.25) is 4.79 Å². The van der Waals surface area contributed by atoms with Gasteiger partial charge in [-0.05, 0) is 43.0 Å². The molecule has 1 aromatic rings. The number of anilines is 1. The van der Waals surface area contributed by atoms with Crippen molar-refractivity contribution in [1.29, 1.82) is 0 Å². The Bertz CT molecular complexity index is 434. The number of likely N-dealkylation sites (N-methyl/N-ethyl adjacent to an activating group) is 1. The molecule has 0 radical (unpaired) electrons. The first kappa shape index (κ1) is 17.9. The molecule has 0 spiro atoms. The van der Waals surface area contributed by atoms with E-state index in [-0.39, 0.29) is 5.91 Å². The molecular weight excluding hydrogens is 282 g/mol. The normalized spacial score (nSPS) is 12.0. The fourth-order valence-corrected chi connectivity index (χ4v) is 2.56. The molecule has 0 heterocycles. The minimum absolute atomic E-state index is 0.0447. The molecule has 118 valence electrons. The molecule has 1 aromatic carbocycles. The van der Waals surface area contributed by atoms with E-state index in [1.165, 1.54) is 0 Å². The summed E-state index contributed by atoms with van der Waals surface area (Å²) in [4.78, 5) is 16.2. The Labute approximate surface area is 132 Å². The first-order chi connectivity index (χ1) is 9.99. The minimum atomic E-state index is -0.390. The zero-order valence-corrected chi connectivity index (χ0v) is 14.3. The van der Waals surface area contributed by atoms with Crippen LogP contribution in [-0.4, -0.2) is 49.5 Å². The van der Waals surface area contributed by atoms with Crippen molar-refractivity contribution in [2.75, 3.05) is 37.5 Å². The number of carbonyl (C=O) groups is 1. The highest BCUT2D eigenvalue weighted by atomic mass is 32.2. The van der Waals surface area contributed by atoms with Crippen LogP contribution in [0.15, 0.2) is 24.3 Å². The SMILES string of the molecule is CCN(Cc1ccc(N(C)C)cc1)C(=O)[C@@H](N)CCSC. The van der Waals surface area contributed by atoms with Gasteiger partial charge in [0.2, 0.25) is 5.91 Å². The quantitative estimate of drug-likeness (QED) is 0.800. The summed E-state index contributed by atoms with van der Waals surface area (Å²) in [5, 5.41) is 0. The number of carbonyl (C=O) groups excluding carboxylic acids is 1. The molecule has 0 aliphatic heterocycles. The lowest BCUT2D eigenvalue weighted by atomic mass is 10.1. The first-order valence-electron chi connectivity index (χ1n) is 7.29. The van der Waals surface area contributed by atoms with Crippen LogP contribution in [0.2, 0.25) is 0 Å². The summed E-state index contributed by atoms with van der Waals surface area (Å²) in [6, 6.07) is 7.89. The van der Waals surface area contributed by atoms with Crippen LogP contribution in [0.1, 0.15) is 18.9 Å².